The molecule has 32 nitrogen and oxygen atoms in total. The van der Waals surface area contributed by atoms with Gasteiger partial charge in [0.15, 0.2) is 66.4 Å². The Balaban J connectivity index is 0.714. The third kappa shape index (κ3) is 13.1. The highest BCUT2D eigenvalue weighted by Crippen LogP contribution is 2.53. The predicted molar refractivity (Wildman–Crippen MR) is 308 cm³/mol. The van der Waals surface area contributed by atoms with E-state index in [1.165, 1.54) is 49.2 Å². The van der Waals surface area contributed by atoms with E-state index < -0.39 is 212 Å². The molecule has 0 aliphatic carbocycles. The molecule has 30 atom stereocenters. The zero-order valence-electron chi connectivity index (χ0n) is 54.1. The third-order valence-corrected chi connectivity index (χ3v) is 19.9. The summed E-state index contributed by atoms with van der Waals surface area (Å²) in [7, 11) is 5.34. The van der Waals surface area contributed by atoms with Gasteiger partial charge in [-0.05, 0) is 54.0 Å². The number of carbonyl (C=O) groups is 3. The van der Waals surface area contributed by atoms with E-state index in [0.29, 0.717) is 0 Å². The van der Waals surface area contributed by atoms with Gasteiger partial charge in [-0.1, -0.05) is 37.0 Å². The normalized spacial score (nSPS) is 46.9. The minimum atomic E-state index is -2.12. The molecule has 6 N–H and O–H groups in total. The van der Waals surface area contributed by atoms with Gasteiger partial charge in [-0.2, -0.15) is 0 Å². The highest BCUT2D eigenvalue weighted by atomic mass is 35.5. The molecule has 0 bridgehead atoms. The molecule has 34 heteroatoms. The van der Waals surface area contributed by atoms with Crippen molar-refractivity contribution in [2.75, 3.05) is 55.1 Å². The van der Waals surface area contributed by atoms with E-state index in [1.807, 2.05) is 0 Å². The molecule has 10 fully saturated rings. The van der Waals surface area contributed by atoms with Gasteiger partial charge in [0.1, 0.15) is 96.2 Å². The number of ketones is 1. The fraction of sp³-hybridized carbons (Fsp3) is 0.850. The lowest BCUT2D eigenvalue weighted by Crippen LogP contribution is -2.72. The van der Waals surface area contributed by atoms with E-state index in [1.54, 1.807) is 41.5 Å². The van der Waals surface area contributed by atoms with Crippen LogP contribution >= 0.6 is 23.2 Å². The van der Waals surface area contributed by atoms with Crippen molar-refractivity contribution in [3.8, 4) is 11.5 Å². The van der Waals surface area contributed by atoms with Crippen molar-refractivity contribution in [1.82, 2.24) is 0 Å². The molecule has 0 aromatic heterocycles. The fourth-order valence-corrected chi connectivity index (χ4v) is 14.7. The number of halogens is 2. The summed E-state index contributed by atoms with van der Waals surface area (Å²) >= 11 is 12.5. The summed E-state index contributed by atoms with van der Waals surface area (Å²) < 4.78 is 141. The number of aromatic hydroxyl groups is 1. The van der Waals surface area contributed by atoms with Crippen LogP contribution in [-0.4, -0.2) is 286 Å². The number of phenols is 1. The van der Waals surface area contributed by atoms with Crippen LogP contribution in [0.25, 0.3) is 0 Å². The number of methoxy groups -OCH3 is 4. The van der Waals surface area contributed by atoms with E-state index in [2.05, 4.69) is 0 Å². The van der Waals surface area contributed by atoms with Gasteiger partial charge in [0.2, 0.25) is 6.29 Å². The summed E-state index contributed by atoms with van der Waals surface area (Å²) in [6, 6.07) is 0. The van der Waals surface area contributed by atoms with Crippen molar-refractivity contribution in [3.63, 3.8) is 0 Å². The highest BCUT2D eigenvalue weighted by Gasteiger charge is 2.73. The molecule has 0 radical (unpaired) electrons. The van der Waals surface area contributed by atoms with Gasteiger partial charge in [-0.15, -0.1) is 0 Å². The molecule has 0 amide bonds. The monoisotopic (exact) mass is 1390 g/mol. The maximum Gasteiger partial charge on any atom is 0.342 e. The molecular formula is C60H86Cl2O32. The first-order chi connectivity index (χ1) is 44.5. The Morgan fingerprint density at radius 2 is 1.37 bits per heavy atom. The molecule has 10 aliphatic heterocycles. The maximum absolute atomic E-state index is 13.5. The average Bonchev–Trinajstić information content (AvgIpc) is 1.53. The van der Waals surface area contributed by atoms with E-state index in [0.717, 1.165) is 0 Å². The van der Waals surface area contributed by atoms with Crippen LogP contribution in [0.3, 0.4) is 0 Å². The van der Waals surface area contributed by atoms with Gasteiger partial charge in [-0.3, -0.25) is 9.59 Å². The predicted octanol–water partition coefficient (Wildman–Crippen LogP) is 0.664. The van der Waals surface area contributed by atoms with Gasteiger partial charge in [0, 0.05) is 34.2 Å². The second kappa shape index (κ2) is 28.2. The number of carbonyl (C=O) groups excluding carboxylic acids is 3. The number of hydrogen-bond donors (Lipinski definition) is 6. The van der Waals surface area contributed by atoms with E-state index in [9.17, 15) is 45.0 Å². The molecular weight excluding hydrogens is 1300 g/mol. The molecule has 1 aromatic rings. The average molecular weight is 1390 g/mol. The Morgan fingerprint density at radius 1 is 0.670 bits per heavy atom. The van der Waals surface area contributed by atoms with E-state index in [4.69, 9.17) is 132 Å². The molecule has 10 saturated heterocycles. The number of phenolic OH excluding ortho intramolecular Hbond substituents is 1. The summed E-state index contributed by atoms with van der Waals surface area (Å²) in [5.41, 5.74) is -3.33. The second-order valence-electron chi connectivity index (χ2n) is 25.8. The Hall–Kier alpha value is -2.99. The molecule has 2 spiro atoms. The zero-order chi connectivity index (χ0) is 68.0. The number of hydrogen-bond acceptors (Lipinski definition) is 32. The van der Waals surface area contributed by atoms with Crippen molar-refractivity contribution in [1.29, 1.82) is 0 Å². The first-order valence-corrected chi connectivity index (χ1v) is 32.0. The molecule has 10 aliphatic rings. The summed E-state index contributed by atoms with van der Waals surface area (Å²) in [6.07, 6.45) is -31.8. The van der Waals surface area contributed by atoms with Crippen LogP contribution in [0.1, 0.15) is 90.6 Å². The Morgan fingerprint density at radius 3 is 2.03 bits per heavy atom. The minimum absolute atomic E-state index is 0.00856. The molecule has 10 heterocycles. The molecule has 94 heavy (non-hydrogen) atoms. The van der Waals surface area contributed by atoms with Crippen LogP contribution in [0.5, 0.6) is 11.5 Å². The van der Waals surface area contributed by atoms with Crippen LogP contribution < -0.4 is 4.74 Å². The standard InChI is InChI=1S/C60H86Cl2O32/c1-21(2)52(69)86-48-45-32(91-60(92-45)51-50(78-20-79-51)59(71,26(7)63)27(8)90-60)19-77-55(48)88-56-47(75-13)39(67)44(31(82-56)17-72-10)87-54-40(68)43(30(73-11)18-76-54)84-34-16-57(9)49(25(6)81-34)93-58(94-57)15-29(65)42(24(5)89-58)83-33-14-28(64)41(23(4)80-33)85-53(70)35-22(3)36(61)38(66)37(62)46(35)74-12/h21,23-25,27-34,39-45,47-51,54-56,64-68,71H,14-20H2,1-13H3. The van der Waals surface area contributed by atoms with Crippen LogP contribution in [0, 0.1) is 12.8 Å². The zero-order valence-corrected chi connectivity index (χ0v) is 55.6. The number of aliphatic hydroxyl groups excluding tert-OH is 4. The number of rotatable bonds is 18. The number of ether oxygens (including phenoxy) is 23. The first-order valence-electron chi connectivity index (χ1n) is 31.3. The van der Waals surface area contributed by atoms with Gasteiger partial charge in [-0.25, -0.2) is 4.79 Å². The quantitative estimate of drug-likeness (QED) is 0.110. The maximum atomic E-state index is 13.5. The largest absolute Gasteiger partial charge is 0.505 e. The van der Waals surface area contributed by atoms with Crippen molar-refractivity contribution in [2.24, 2.45) is 5.92 Å². The van der Waals surface area contributed by atoms with E-state index >= 15 is 0 Å². The first kappa shape index (κ1) is 72.3. The topological polar surface area (TPSA) is 385 Å². The Labute approximate surface area is 551 Å². The lowest BCUT2D eigenvalue weighted by molar-refractivity contribution is -0.428. The number of Topliss-reactive ketones (excluding diaryl/α,β-unsaturated/α-hetero) is 1. The van der Waals surface area contributed by atoms with Crippen LogP contribution in [0.2, 0.25) is 10.0 Å². The van der Waals surface area contributed by atoms with Crippen molar-refractivity contribution in [3.05, 3.63) is 21.2 Å². The minimum Gasteiger partial charge on any atom is -0.505 e. The molecule has 1 aromatic carbocycles. The van der Waals surface area contributed by atoms with Gasteiger partial charge >= 0.3 is 17.9 Å². The molecule has 0 saturated carbocycles. The van der Waals surface area contributed by atoms with Crippen LogP contribution in [0.4, 0.5) is 0 Å². The smallest absolute Gasteiger partial charge is 0.342 e. The number of aliphatic hydroxyl groups is 5. The summed E-state index contributed by atoms with van der Waals surface area (Å²) in [4.78, 5) is 39.8. The summed E-state index contributed by atoms with van der Waals surface area (Å²) in [5, 5.41) is 68.8. The lowest BCUT2D eigenvalue weighted by Gasteiger charge is -2.49. The Kier molecular flexibility index (Phi) is 21.7. The molecule has 30 unspecified atom stereocenters. The number of esters is 2. The SMILES string of the molecule is COCC1OC(OC2OCC3OC4(OC3C2OC(=O)C(C)C)OC(C)C(O)(C(C)=O)C2OCOC24)C(OC)C(O)C1OC1OCC(OC)C(OC2CC3(C)OC4(CC(O)C(OC5CC(O)C(OC(=O)c6c(C)c(Cl)c(O)c(Cl)c6OC)C(C)O5)C(C)O4)OC3C(C)O2)C1O. The van der Waals surface area contributed by atoms with E-state index in [-0.39, 0.29) is 72.8 Å². The lowest BCUT2D eigenvalue weighted by atomic mass is 9.81. The van der Waals surface area contributed by atoms with Crippen LogP contribution in [0.15, 0.2) is 0 Å². The molecule has 11 rings (SSSR count). The van der Waals surface area contributed by atoms with Crippen LogP contribution in [-0.2, 0) is 114 Å². The summed E-state index contributed by atoms with van der Waals surface area (Å²) in [5.74, 6) is -7.40. The summed E-state index contributed by atoms with van der Waals surface area (Å²) in [6.45, 7) is 13.1. The molecule has 532 valence electrons. The fourth-order valence-electron chi connectivity index (χ4n) is 14.2. The van der Waals surface area contributed by atoms with Gasteiger partial charge < -0.3 is 140 Å². The van der Waals surface area contributed by atoms with Gasteiger partial charge in [0.05, 0.1) is 80.9 Å². The van der Waals surface area contributed by atoms with Crippen molar-refractivity contribution >= 4 is 40.9 Å². The third-order valence-electron chi connectivity index (χ3n) is 19.1. The second-order valence-corrected chi connectivity index (χ2v) is 26.5. The number of fused-ring (bicyclic) bond motifs is 4. The van der Waals surface area contributed by atoms with Gasteiger partial charge in [0.25, 0.3) is 5.97 Å². The Bertz CT molecular complexity index is 2850. The number of benzene rings is 1. The highest BCUT2D eigenvalue weighted by molar-refractivity contribution is 6.39. The van der Waals surface area contributed by atoms with Crippen molar-refractivity contribution in [2.45, 2.75) is 264 Å². The van der Waals surface area contributed by atoms with Crippen molar-refractivity contribution < 1.29 is 154 Å².